The Morgan fingerprint density at radius 3 is 2.16 bits per heavy atom. The third-order valence-corrected chi connectivity index (χ3v) is 7.79. The van der Waals surface area contributed by atoms with Gasteiger partial charge in [-0.15, -0.1) is 0 Å². The van der Waals surface area contributed by atoms with Crippen molar-refractivity contribution in [3.8, 4) is 11.1 Å². The first kappa shape index (κ1) is 28.2. The van der Waals surface area contributed by atoms with Gasteiger partial charge in [-0.3, -0.25) is 4.79 Å². The summed E-state index contributed by atoms with van der Waals surface area (Å²) in [7, 11) is -3.98. The Hall–Kier alpha value is -3.37. The Balaban J connectivity index is 1.85. The van der Waals surface area contributed by atoms with Crippen molar-refractivity contribution in [1.82, 2.24) is 5.32 Å². The summed E-state index contributed by atoms with van der Waals surface area (Å²) in [6.07, 6.45) is -4.49. The van der Waals surface area contributed by atoms with E-state index in [9.17, 15) is 36.3 Å². The molecule has 0 saturated heterocycles. The number of hydrogen-bond acceptors (Lipinski definition) is 4. The number of rotatable bonds is 8. The van der Waals surface area contributed by atoms with Crippen molar-refractivity contribution in [2.24, 2.45) is 0 Å². The van der Waals surface area contributed by atoms with Crippen LogP contribution in [0.5, 0.6) is 0 Å². The number of carboxylic acid groups (broad SMARTS) is 1. The van der Waals surface area contributed by atoms with Crippen molar-refractivity contribution in [1.29, 1.82) is 0 Å². The van der Waals surface area contributed by atoms with E-state index < -0.39 is 33.9 Å². The second kappa shape index (κ2) is 10.9. The molecule has 3 aromatic carbocycles. The fourth-order valence-corrected chi connectivity index (χ4v) is 5.59. The average molecular weight is 554 g/mol. The molecule has 11 heteroatoms. The Kier molecular flexibility index (Phi) is 8.34. The minimum atomic E-state index is -4.99. The summed E-state index contributed by atoms with van der Waals surface area (Å²) in [5.41, 5.74) is 2.33. The molecule has 3 rings (SSSR count). The maximum Gasteiger partial charge on any atom is 0.471 e. The summed E-state index contributed by atoms with van der Waals surface area (Å²) < 4.78 is 63.6. The van der Waals surface area contributed by atoms with Gasteiger partial charge >= 0.3 is 18.1 Å². The van der Waals surface area contributed by atoms with Crippen LogP contribution in [0.15, 0.2) is 70.5 Å². The Labute approximate surface area is 217 Å². The molecule has 0 aromatic heterocycles. The predicted molar refractivity (Wildman–Crippen MR) is 132 cm³/mol. The molecular formula is C26H23ClF3NO5S. The molecule has 1 atom stereocenters. The van der Waals surface area contributed by atoms with E-state index in [-0.39, 0.29) is 26.8 Å². The summed E-state index contributed by atoms with van der Waals surface area (Å²) >= 11 is 6.45. The molecule has 196 valence electrons. The monoisotopic (exact) mass is 553 g/mol. The van der Waals surface area contributed by atoms with E-state index in [1.165, 1.54) is 55.5 Å². The molecule has 3 aromatic rings. The lowest BCUT2D eigenvalue weighted by Gasteiger charge is -2.16. The number of aromatic carboxylic acids is 1. The zero-order valence-corrected chi connectivity index (χ0v) is 21.3. The third kappa shape index (κ3) is 6.31. The molecular weight excluding hydrogens is 531 g/mol. The maximum atomic E-state index is 13.2. The minimum absolute atomic E-state index is 0.0471. The van der Waals surface area contributed by atoms with Gasteiger partial charge in [0.1, 0.15) is 0 Å². The number of carbonyl (C=O) groups excluding carboxylic acids is 1. The van der Waals surface area contributed by atoms with Gasteiger partial charge in [-0.1, -0.05) is 48.9 Å². The predicted octanol–water partition coefficient (Wildman–Crippen LogP) is 5.71. The van der Waals surface area contributed by atoms with Gasteiger partial charge < -0.3 is 10.4 Å². The lowest BCUT2D eigenvalue weighted by atomic mass is 9.94. The van der Waals surface area contributed by atoms with Crippen LogP contribution in [0.1, 0.15) is 35.3 Å². The number of hydrogen-bond donors (Lipinski definition) is 2. The van der Waals surface area contributed by atoms with Gasteiger partial charge in [-0.2, -0.15) is 13.2 Å². The first-order valence-electron chi connectivity index (χ1n) is 11.1. The number of carbonyl (C=O) groups is 2. The highest BCUT2D eigenvalue weighted by molar-refractivity contribution is 7.91. The van der Waals surface area contributed by atoms with Gasteiger partial charge in [0.2, 0.25) is 9.84 Å². The highest BCUT2D eigenvalue weighted by Gasteiger charge is 2.39. The number of sulfone groups is 1. The SMILES string of the molecule is CCc1c(C(=O)O)cccc1-c1ccc(S(=O)(=O)c2ccc(CC(C)NC(=O)C(F)(F)F)cc2)cc1Cl. The van der Waals surface area contributed by atoms with Crippen LogP contribution in [-0.2, 0) is 27.5 Å². The molecule has 37 heavy (non-hydrogen) atoms. The van der Waals surface area contributed by atoms with E-state index >= 15 is 0 Å². The number of alkyl halides is 3. The average Bonchev–Trinajstić information content (AvgIpc) is 2.83. The number of nitrogens with one attached hydrogen (secondary N) is 1. The van der Waals surface area contributed by atoms with E-state index in [1.807, 2.05) is 12.2 Å². The van der Waals surface area contributed by atoms with Gasteiger partial charge in [-0.25, -0.2) is 13.2 Å². The molecule has 0 aliphatic carbocycles. The van der Waals surface area contributed by atoms with Gasteiger partial charge in [0.15, 0.2) is 0 Å². The smallest absolute Gasteiger partial charge is 0.471 e. The van der Waals surface area contributed by atoms with Crippen molar-refractivity contribution < 1.29 is 36.3 Å². The molecule has 2 N–H and O–H groups in total. The number of halogens is 4. The number of benzene rings is 3. The molecule has 0 spiro atoms. The van der Waals surface area contributed by atoms with Crippen molar-refractivity contribution in [2.75, 3.05) is 0 Å². The van der Waals surface area contributed by atoms with E-state index in [0.29, 0.717) is 28.7 Å². The van der Waals surface area contributed by atoms with Crippen LogP contribution in [0.2, 0.25) is 5.02 Å². The summed E-state index contributed by atoms with van der Waals surface area (Å²) in [5, 5.41) is 11.5. The molecule has 0 saturated carbocycles. The van der Waals surface area contributed by atoms with Gasteiger partial charge in [0, 0.05) is 16.6 Å². The zero-order chi connectivity index (χ0) is 27.5. The zero-order valence-electron chi connectivity index (χ0n) is 19.8. The van der Waals surface area contributed by atoms with E-state index in [1.54, 1.807) is 12.1 Å². The second-order valence-corrected chi connectivity index (χ2v) is 10.7. The molecule has 0 bridgehead atoms. The van der Waals surface area contributed by atoms with Gasteiger partial charge in [0.25, 0.3) is 0 Å². The first-order chi connectivity index (χ1) is 17.3. The molecule has 1 amide bonds. The van der Waals surface area contributed by atoms with Crippen LogP contribution in [0.25, 0.3) is 11.1 Å². The molecule has 0 aliphatic rings. The molecule has 0 fully saturated rings. The minimum Gasteiger partial charge on any atom is -0.478 e. The fourth-order valence-electron chi connectivity index (χ4n) is 3.95. The lowest BCUT2D eigenvalue weighted by Crippen LogP contribution is -2.42. The third-order valence-electron chi connectivity index (χ3n) is 5.71. The standard InChI is InChI=1S/C26H23ClF3NO5S/c1-3-19-20(5-4-6-22(19)24(32)33)21-12-11-18(14-23(21)27)37(35,36)17-9-7-16(8-10-17)13-15(2)31-25(34)26(28,29)30/h4-12,14-15H,3,13H2,1-2H3,(H,31,34)(H,32,33). The van der Waals surface area contributed by atoms with E-state index in [4.69, 9.17) is 11.6 Å². The van der Waals surface area contributed by atoms with E-state index in [2.05, 4.69) is 0 Å². The van der Waals surface area contributed by atoms with Crippen LogP contribution in [-0.4, -0.2) is 37.6 Å². The topological polar surface area (TPSA) is 101 Å². The maximum absolute atomic E-state index is 13.2. The summed E-state index contributed by atoms with van der Waals surface area (Å²) in [6, 6.07) is 13.8. The van der Waals surface area contributed by atoms with Crippen LogP contribution in [0.3, 0.4) is 0 Å². The summed E-state index contributed by atoms with van der Waals surface area (Å²) in [4.78, 5) is 22.5. The molecule has 0 aliphatic heterocycles. The molecule has 6 nitrogen and oxygen atoms in total. The quantitative estimate of drug-likeness (QED) is 0.372. The molecule has 0 radical (unpaired) electrons. The van der Waals surface area contributed by atoms with Gasteiger partial charge in [0.05, 0.1) is 15.4 Å². The molecule has 1 unspecified atom stereocenters. The second-order valence-electron chi connectivity index (χ2n) is 8.36. The summed E-state index contributed by atoms with van der Waals surface area (Å²) in [5.74, 6) is -3.12. The van der Waals surface area contributed by atoms with Crippen LogP contribution < -0.4 is 5.32 Å². The Morgan fingerprint density at radius 1 is 1.00 bits per heavy atom. The first-order valence-corrected chi connectivity index (χ1v) is 13.0. The molecule has 0 heterocycles. The fraction of sp³-hybridized carbons (Fsp3) is 0.231. The Morgan fingerprint density at radius 2 is 1.62 bits per heavy atom. The van der Waals surface area contributed by atoms with Crippen molar-refractivity contribution in [3.05, 3.63) is 82.4 Å². The van der Waals surface area contributed by atoms with Gasteiger partial charge in [-0.05, 0) is 66.8 Å². The number of carboxylic acids is 1. The normalized spacial score (nSPS) is 12.7. The Bertz CT molecular complexity index is 1440. The van der Waals surface area contributed by atoms with Crippen LogP contribution in [0.4, 0.5) is 13.2 Å². The van der Waals surface area contributed by atoms with Crippen molar-refractivity contribution in [3.63, 3.8) is 0 Å². The lowest BCUT2D eigenvalue weighted by molar-refractivity contribution is -0.174. The van der Waals surface area contributed by atoms with Crippen LogP contribution >= 0.6 is 11.6 Å². The van der Waals surface area contributed by atoms with E-state index in [0.717, 1.165) is 0 Å². The van der Waals surface area contributed by atoms with Crippen molar-refractivity contribution >= 4 is 33.3 Å². The van der Waals surface area contributed by atoms with Crippen molar-refractivity contribution in [2.45, 2.75) is 48.7 Å². The van der Waals surface area contributed by atoms with Crippen LogP contribution in [0, 0.1) is 0 Å². The highest BCUT2D eigenvalue weighted by atomic mass is 35.5. The number of amides is 1. The summed E-state index contributed by atoms with van der Waals surface area (Å²) in [6.45, 7) is 3.22. The highest BCUT2D eigenvalue weighted by Crippen LogP contribution is 2.35. The largest absolute Gasteiger partial charge is 0.478 e.